The molecule has 1 aliphatic carbocycles. The zero-order valence-corrected chi connectivity index (χ0v) is 10.5. The lowest BCUT2D eigenvalue weighted by molar-refractivity contribution is 0.176. The summed E-state index contributed by atoms with van der Waals surface area (Å²) in [6.07, 6.45) is 3.68. The summed E-state index contributed by atoms with van der Waals surface area (Å²) in [7, 11) is 0. The molecule has 1 N–H and O–H groups in total. The van der Waals surface area contributed by atoms with Crippen LogP contribution >= 0.6 is 0 Å². The molecule has 1 aromatic rings. The first-order valence-corrected chi connectivity index (χ1v) is 6.76. The summed E-state index contributed by atoms with van der Waals surface area (Å²) in [5, 5.41) is 3.80. The molecule has 0 aromatic heterocycles. The number of benzene rings is 1. The van der Waals surface area contributed by atoms with Gasteiger partial charge in [-0.25, -0.2) is 0 Å². The fourth-order valence-corrected chi connectivity index (χ4v) is 3.13. The number of aryl methyl sites for hydroxylation is 1. The van der Waals surface area contributed by atoms with E-state index in [0.29, 0.717) is 18.0 Å². The molecule has 2 aliphatic rings. The maximum Gasteiger partial charge on any atom is 0.0509 e. The Balaban J connectivity index is 1.66. The van der Waals surface area contributed by atoms with E-state index < -0.39 is 0 Å². The molecule has 1 fully saturated rings. The van der Waals surface area contributed by atoms with E-state index in [1.54, 1.807) is 0 Å². The van der Waals surface area contributed by atoms with E-state index in [9.17, 15) is 0 Å². The van der Waals surface area contributed by atoms with Crippen molar-refractivity contribution in [1.82, 2.24) is 5.32 Å². The quantitative estimate of drug-likeness (QED) is 0.863. The Bertz CT molecular complexity index is 384. The Morgan fingerprint density at radius 1 is 1.29 bits per heavy atom. The van der Waals surface area contributed by atoms with E-state index in [1.165, 1.54) is 30.4 Å². The van der Waals surface area contributed by atoms with Gasteiger partial charge in [0, 0.05) is 18.7 Å². The highest BCUT2D eigenvalue weighted by atomic mass is 16.5. The summed E-state index contributed by atoms with van der Waals surface area (Å²) in [5.74, 6) is 0.697. The van der Waals surface area contributed by atoms with Crippen molar-refractivity contribution in [3.63, 3.8) is 0 Å². The van der Waals surface area contributed by atoms with Gasteiger partial charge in [0.2, 0.25) is 0 Å². The van der Waals surface area contributed by atoms with Crippen molar-refractivity contribution in [1.29, 1.82) is 0 Å². The Kier molecular flexibility index (Phi) is 3.17. The summed E-state index contributed by atoms with van der Waals surface area (Å²) >= 11 is 0. The molecule has 3 atom stereocenters. The van der Waals surface area contributed by atoms with E-state index in [4.69, 9.17) is 4.74 Å². The van der Waals surface area contributed by atoms with Gasteiger partial charge in [-0.05, 0) is 43.2 Å². The number of fused-ring (bicyclic) bond motifs is 1. The molecule has 0 radical (unpaired) electrons. The van der Waals surface area contributed by atoms with E-state index in [1.807, 2.05) is 0 Å². The van der Waals surface area contributed by atoms with Gasteiger partial charge in [0.1, 0.15) is 0 Å². The molecule has 0 amide bonds. The minimum Gasteiger partial charge on any atom is -0.381 e. The molecule has 17 heavy (non-hydrogen) atoms. The molecule has 3 rings (SSSR count). The van der Waals surface area contributed by atoms with Crippen molar-refractivity contribution in [3.05, 3.63) is 35.4 Å². The van der Waals surface area contributed by atoms with Crippen LogP contribution in [0.4, 0.5) is 0 Å². The molecule has 0 bridgehead atoms. The van der Waals surface area contributed by atoms with Crippen molar-refractivity contribution >= 4 is 0 Å². The zero-order chi connectivity index (χ0) is 11.7. The Labute approximate surface area is 103 Å². The lowest BCUT2D eigenvalue weighted by Gasteiger charge is -2.24. The smallest absolute Gasteiger partial charge is 0.0509 e. The minimum atomic E-state index is 0.557. The van der Waals surface area contributed by atoms with Gasteiger partial charge >= 0.3 is 0 Å². The van der Waals surface area contributed by atoms with E-state index in [-0.39, 0.29) is 0 Å². The molecule has 2 nitrogen and oxygen atoms in total. The first kappa shape index (κ1) is 11.2. The van der Waals surface area contributed by atoms with Crippen LogP contribution in [0.25, 0.3) is 0 Å². The topological polar surface area (TPSA) is 21.3 Å². The van der Waals surface area contributed by atoms with Gasteiger partial charge in [0.25, 0.3) is 0 Å². The SMILES string of the molecule is CC(NC1CCc2ccccc21)C1CCOC1. The van der Waals surface area contributed by atoms with Crippen LogP contribution in [0.5, 0.6) is 0 Å². The van der Waals surface area contributed by atoms with Gasteiger partial charge in [-0.2, -0.15) is 0 Å². The third-order valence-corrected chi connectivity index (χ3v) is 4.27. The summed E-state index contributed by atoms with van der Waals surface area (Å²) in [6.45, 7) is 4.18. The molecular weight excluding hydrogens is 210 g/mol. The fourth-order valence-electron chi connectivity index (χ4n) is 3.13. The van der Waals surface area contributed by atoms with Gasteiger partial charge in [-0.3, -0.25) is 0 Å². The number of ether oxygens (including phenoxy) is 1. The fraction of sp³-hybridized carbons (Fsp3) is 0.600. The average Bonchev–Trinajstić information content (AvgIpc) is 2.98. The van der Waals surface area contributed by atoms with Crippen LogP contribution in [0.1, 0.15) is 36.9 Å². The lowest BCUT2D eigenvalue weighted by Crippen LogP contribution is -2.36. The number of rotatable bonds is 3. The summed E-state index contributed by atoms with van der Waals surface area (Å²) in [5.41, 5.74) is 3.04. The Hall–Kier alpha value is -0.860. The zero-order valence-electron chi connectivity index (χ0n) is 10.5. The standard InChI is InChI=1S/C15H21NO/c1-11(13-8-9-17-10-13)16-15-7-6-12-4-2-3-5-14(12)15/h2-5,11,13,15-16H,6-10H2,1H3. The predicted molar refractivity (Wildman–Crippen MR) is 69.0 cm³/mol. The van der Waals surface area contributed by atoms with Crippen LogP contribution < -0.4 is 5.32 Å². The van der Waals surface area contributed by atoms with Crippen LogP contribution in [-0.4, -0.2) is 19.3 Å². The highest BCUT2D eigenvalue weighted by Crippen LogP contribution is 2.32. The molecule has 0 saturated carbocycles. The Morgan fingerprint density at radius 3 is 3.00 bits per heavy atom. The number of nitrogens with one attached hydrogen (secondary N) is 1. The molecular formula is C15H21NO. The molecule has 1 aromatic carbocycles. The second-order valence-corrected chi connectivity index (χ2v) is 5.37. The van der Waals surface area contributed by atoms with Crippen LogP contribution in [0, 0.1) is 5.92 Å². The predicted octanol–water partition coefficient (Wildman–Crippen LogP) is 2.69. The van der Waals surface area contributed by atoms with Crippen molar-refractivity contribution in [2.75, 3.05) is 13.2 Å². The van der Waals surface area contributed by atoms with Crippen molar-refractivity contribution in [2.45, 2.75) is 38.3 Å². The van der Waals surface area contributed by atoms with Crippen molar-refractivity contribution in [3.8, 4) is 0 Å². The molecule has 2 heteroatoms. The highest BCUT2D eigenvalue weighted by molar-refractivity contribution is 5.34. The summed E-state index contributed by atoms with van der Waals surface area (Å²) < 4.78 is 5.47. The van der Waals surface area contributed by atoms with Crippen LogP contribution in [0.15, 0.2) is 24.3 Å². The highest BCUT2D eigenvalue weighted by Gasteiger charge is 2.27. The third-order valence-electron chi connectivity index (χ3n) is 4.27. The normalized spacial score (nSPS) is 29.2. The number of hydrogen-bond acceptors (Lipinski definition) is 2. The average molecular weight is 231 g/mol. The Morgan fingerprint density at radius 2 is 2.18 bits per heavy atom. The molecule has 92 valence electrons. The first-order valence-electron chi connectivity index (χ1n) is 6.76. The summed E-state index contributed by atoms with van der Waals surface area (Å²) in [4.78, 5) is 0. The monoisotopic (exact) mass is 231 g/mol. The van der Waals surface area contributed by atoms with E-state index in [0.717, 1.165) is 13.2 Å². The maximum atomic E-state index is 5.47. The maximum absolute atomic E-state index is 5.47. The lowest BCUT2D eigenvalue weighted by atomic mass is 9.98. The molecule has 1 saturated heterocycles. The van der Waals surface area contributed by atoms with Crippen LogP contribution in [-0.2, 0) is 11.2 Å². The number of hydrogen-bond donors (Lipinski definition) is 1. The molecule has 0 spiro atoms. The summed E-state index contributed by atoms with van der Waals surface area (Å²) in [6, 6.07) is 9.96. The minimum absolute atomic E-state index is 0.557. The van der Waals surface area contributed by atoms with Gasteiger partial charge in [-0.1, -0.05) is 24.3 Å². The van der Waals surface area contributed by atoms with E-state index in [2.05, 4.69) is 36.5 Å². The van der Waals surface area contributed by atoms with Gasteiger partial charge in [0.15, 0.2) is 0 Å². The second kappa shape index (κ2) is 4.79. The molecule has 3 unspecified atom stereocenters. The van der Waals surface area contributed by atoms with Crippen molar-refractivity contribution in [2.24, 2.45) is 5.92 Å². The second-order valence-electron chi connectivity index (χ2n) is 5.37. The first-order chi connectivity index (χ1) is 8.34. The van der Waals surface area contributed by atoms with Crippen molar-refractivity contribution < 1.29 is 4.74 Å². The van der Waals surface area contributed by atoms with Crippen LogP contribution in [0.3, 0.4) is 0 Å². The van der Waals surface area contributed by atoms with E-state index >= 15 is 0 Å². The third kappa shape index (κ3) is 2.24. The van der Waals surface area contributed by atoms with Crippen LogP contribution in [0.2, 0.25) is 0 Å². The van der Waals surface area contributed by atoms with Gasteiger partial charge in [0.05, 0.1) is 6.61 Å². The molecule has 1 aliphatic heterocycles. The van der Waals surface area contributed by atoms with Gasteiger partial charge < -0.3 is 10.1 Å². The van der Waals surface area contributed by atoms with Gasteiger partial charge in [-0.15, -0.1) is 0 Å². The largest absolute Gasteiger partial charge is 0.381 e. The molecule has 1 heterocycles.